The minimum Gasteiger partial charge on any atom is -0.390 e. The Morgan fingerprint density at radius 1 is 1.24 bits per heavy atom. The molecule has 182 valence electrons. The second kappa shape index (κ2) is 6.80. The van der Waals surface area contributed by atoms with Crippen LogP contribution in [0.5, 0.6) is 0 Å². The van der Waals surface area contributed by atoms with Crippen molar-refractivity contribution in [3.05, 3.63) is 23.8 Å². The maximum Gasteiger partial charge on any atom is 0.193 e. The number of carbonyl (C=O) groups is 2. The van der Waals surface area contributed by atoms with Gasteiger partial charge in [0.2, 0.25) is 0 Å². The molecule has 0 spiro atoms. The molecule has 8 heteroatoms. The van der Waals surface area contributed by atoms with E-state index in [2.05, 4.69) is 0 Å². The summed E-state index contributed by atoms with van der Waals surface area (Å²) in [5.74, 6) is -3.11. The zero-order chi connectivity index (χ0) is 24.2. The van der Waals surface area contributed by atoms with Gasteiger partial charge < -0.3 is 19.3 Å². The number of hydrogen-bond donors (Lipinski definition) is 1. The normalized spacial score (nSPS) is 51.9. The number of carbonyl (C=O) groups excluding carboxylic acids is 2. The molecule has 1 aliphatic heterocycles. The van der Waals surface area contributed by atoms with E-state index in [1.54, 1.807) is 20.8 Å². The molecule has 0 unspecified atom stereocenters. The van der Waals surface area contributed by atoms with Crippen molar-refractivity contribution in [3.63, 3.8) is 0 Å². The van der Waals surface area contributed by atoms with Gasteiger partial charge in [-0.2, -0.15) is 0 Å². The van der Waals surface area contributed by atoms with E-state index in [0.717, 1.165) is 0 Å². The summed E-state index contributed by atoms with van der Waals surface area (Å²) in [7, 11) is 1.42. The Kier molecular flexibility index (Phi) is 4.80. The standard InChI is InChI=1S/C25H32F2O6/c1-21(2)32-20-10-14-15-9-17(26)16-8-13(28)6-7-22(16,3)24(15,27)18(29)11-23(14,4)25(20,33-21)19(30)12-31-5/h6-8,14-15,17-18,20,29H,9-12H2,1-5H3/t14-,15-,17-,18-,20+,22-,23-,24-,25+/m0/s1. The lowest BCUT2D eigenvalue weighted by molar-refractivity contribution is -0.249. The molecular weight excluding hydrogens is 434 g/mol. The number of fused-ring (bicyclic) bond motifs is 7. The van der Waals surface area contributed by atoms with Crippen LogP contribution in [0.3, 0.4) is 0 Å². The quantitative estimate of drug-likeness (QED) is 0.689. The number of Topliss-reactive ketones (excluding diaryl/α,β-unsaturated/α-hetero) is 1. The number of halogens is 2. The Bertz CT molecular complexity index is 976. The van der Waals surface area contributed by atoms with E-state index in [4.69, 9.17) is 14.2 Å². The third-order valence-corrected chi connectivity index (χ3v) is 9.31. The third kappa shape index (κ3) is 2.61. The monoisotopic (exact) mass is 466 g/mol. The molecule has 4 fully saturated rings. The summed E-state index contributed by atoms with van der Waals surface area (Å²) in [5, 5.41) is 11.4. The zero-order valence-electron chi connectivity index (χ0n) is 19.7. The van der Waals surface area contributed by atoms with Gasteiger partial charge in [0.05, 0.1) is 12.2 Å². The highest BCUT2D eigenvalue weighted by Gasteiger charge is 2.80. The molecule has 5 aliphatic rings. The second-order valence-electron chi connectivity index (χ2n) is 11.3. The Morgan fingerprint density at radius 2 is 1.94 bits per heavy atom. The lowest BCUT2D eigenvalue weighted by atomic mass is 9.44. The number of rotatable bonds is 3. The van der Waals surface area contributed by atoms with Gasteiger partial charge in [-0.1, -0.05) is 13.0 Å². The fraction of sp³-hybridized carbons (Fsp3) is 0.760. The highest BCUT2D eigenvalue weighted by atomic mass is 19.1. The molecule has 0 aromatic carbocycles. The number of hydrogen-bond acceptors (Lipinski definition) is 6. The van der Waals surface area contributed by atoms with Crippen LogP contribution in [0, 0.1) is 22.7 Å². The van der Waals surface area contributed by atoms with E-state index in [1.165, 1.54) is 25.3 Å². The van der Waals surface area contributed by atoms with Crippen LogP contribution in [0.4, 0.5) is 8.78 Å². The van der Waals surface area contributed by atoms with Gasteiger partial charge in [-0.3, -0.25) is 9.59 Å². The van der Waals surface area contributed by atoms with E-state index >= 15 is 8.78 Å². The van der Waals surface area contributed by atoms with Crippen LogP contribution < -0.4 is 0 Å². The number of methoxy groups -OCH3 is 1. The van der Waals surface area contributed by atoms with Gasteiger partial charge in [-0.25, -0.2) is 8.78 Å². The number of ether oxygens (including phenoxy) is 3. The van der Waals surface area contributed by atoms with Crippen LogP contribution in [-0.2, 0) is 23.8 Å². The summed E-state index contributed by atoms with van der Waals surface area (Å²) in [6, 6.07) is 0. The highest BCUT2D eigenvalue weighted by molar-refractivity contribution is 6.01. The van der Waals surface area contributed by atoms with Crippen molar-refractivity contribution in [2.75, 3.05) is 13.7 Å². The molecule has 0 amide bonds. The first-order valence-corrected chi connectivity index (χ1v) is 11.6. The fourth-order valence-corrected chi connectivity index (χ4v) is 8.04. The number of aliphatic hydroxyl groups is 1. The van der Waals surface area contributed by atoms with Crippen LogP contribution in [0.1, 0.15) is 47.0 Å². The molecule has 1 N–H and O–H groups in total. The van der Waals surface area contributed by atoms with Gasteiger partial charge >= 0.3 is 0 Å². The molecule has 4 aliphatic carbocycles. The Hall–Kier alpha value is -1.48. The molecule has 0 bridgehead atoms. The Balaban J connectivity index is 1.65. The number of allylic oxidation sites excluding steroid dienone is 4. The lowest BCUT2D eigenvalue weighted by Gasteiger charge is -2.63. The Labute approximate surface area is 192 Å². The first-order chi connectivity index (χ1) is 15.3. The average Bonchev–Trinajstić information content (AvgIpc) is 3.13. The first-order valence-electron chi connectivity index (χ1n) is 11.6. The van der Waals surface area contributed by atoms with Crippen molar-refractivity contribution >= 4 is 11.6 Å². The predicted octanol–water partition coefficient (Wildman–Crippen LogP) is 3.02. The van der Waals surface area contributed by atoms with Gasteiger partial charge in [0.1, 0.15) is 12.8 Å². The minimum absolute atomic E-state index is 0.0579. The molecule has 33 heavy (non-hydrogen) atoms. The van der Waals surface area contributed by atoms with E-state index in [0.29, 0.717) is 6.42 Å². The van der Waals surface area contributed by atoms with Crippen LogP contribution >= 0.6 is 0 Å². The van der Waals surface area contributed by atoms with Gasteiger partial charge in [0, 0.05) is 23.9 Å². The van der Waals surface area contributed by atoms with Gasteiger partial charge in [0.15, 0.2) is 28.6 Å². The maximum absolute atomic E-state index is 17.2. The van der Waals surface area contributed by atoms with E-state index in [9.17, 15) is 14.7 Å². The first kappa shape index (κ1) is 23.3. The topological polar surface area (TPSA) is 82.1 Å². The summed E-state index contributed by atoms with van der Waals surface area (Å²) in [6.07, 6.45) is 0.213. The molecule has 1 saturated heterocycles. The maximum atomic E-state index is 17.2. The SMILES string of the molecule is COCC(=O)[C@@]12OC(C)(C)O[C@@H]1C[C@H]1[C@@H]3C[C@H](F)C4=CC(=O)C=C[C@]4(C)[C@@]3(F)[C@@H](O)C[C@@]12C. The molecule has 6 nitrogen and oxygen atoms in total. The summed E-state index contributed by atoms with van der Waals surface area (Å²) in [4.78, 5) is 25.5. The largest absolute Gasteiger partial charge is 0.390 e. The number of alkyl halides is 2. The Morgan fingerprint density at radius 3 is 2.61 bits per heavy atom. The lowest BCUT2D eigenvalue weighted by Crippen LogP contribution is -2.71. The fourth-order valence-electron chi connectivity index (χ4n) is 8.04. The number of aliphatic hydroxyl groups excluding tert-OH is 1. The van der Waals surface area contributed by atoms with Crippen molar-refractivity contribution in [3.8, 4) is 0 Å². The van der Waals surface area contributed by atoms with Gasteiger partial charge in [-0.15, -0.1) is 0 Å². The molecular formula is C25H32F2O6. The molecule has 0 radical (unpaired) electrons. The summed E-state index contributed by atoms with van der Waals surface area (Å²) >= 11 is 0. The van der Waals surface area contributed by atoms with Crippen LogP contribution in [-0.4, -0.2) is 65.8 Å². The molecule has 9 atom stereocenters. The molecule has 1 heterocycles. The van der Waals surface area contributed by atoms with Crippen LogP contribution in [0.25, 0.3) is 0 Å². The number of ketones is 2. The van der Waals surface area contributed by atoms with E-state index in [-0.39, 0.29) is 36.6 Å². The molecule has 0 aromatic heterocycles. The van der Waals surface area contributed by atoms with E-state index in [1.807, 2.05) is 6.92 Å². The summed E-state index contributed by atoms with van der Waals surface area (Å²) in [5.41, 5.74) is -6.02. The molecule has 3 saturated carbocycles. The van der Waals surface area contributed by atoms with Crippen LogP contribution in [0.2, 0.25) is 0 Å². The van der Waals surface area contributed by atoms with Crippen molar-refractivity contribution in [1.82, 2.24) is 0 Å². The van der Waals surface area contributed by atoms with Gasteiger partial charge in [-0.05, 0) is 63.7 Å². The summed E-state index contributed by atoms with van der Waals surface area (Å²) in [6.45, 7) is 6.64. The molecule has 5 rings (SSSR count). The van der Waals surface area contributed by atoms with Crippen molar-refractivity contribution in [1.29, 1.82) is 0 Å². The highest BCUT2D eigenvalue weighted by Crippen LogP contribution is 2.72. The minimum atomic E-state index is -2.21. The predicted molar refractivity (Wildman–Crippen MR) is 114 cm³/mol. The van der Waals surface area contributed by atoms with Crippen molar-refractivity contribution < 1.29 is 37.7 Å². The zero-order valence-corrected chi connectivity index (χ0v) is 19.7. The second-order valence-corrected chi connectivity index (χ2v) is 11.3. The van der Waals surface area contributed by atoms with E-state index < -0.39 is 58.1 Å². The third-order valence-electron chi connectivity index (χ3n) is 9.31. The molecule has 0 aromatic rings. The van der Waals surface area contributed by atoms with Crippen molar-refractivity contribution in [2.45, 2.75) is 82.4 Å². The summed E-state index contributed by atoms with van der Waals surface area (Å²) < 4.78 is 50.4. The van der Waals surface area contributed by atoms with Crippen molar-refractivity contribution in [2.24, 2.45) is 22.7 Å². The van der Waals surface area contributed by atoms with Gasteiger partial charge in [0.25, 0.3) is 0 Å². The van der Waals surface area contributed by atoms with Crippen LogP contribution in [0.15, 0.2) is 23.8 Å². The average molecular weight is 467 g/mol. The smallest absolute Gasteiger partial charge is 0.193 e.